The van der Waals surface area contributed by atoms with Crippen LogP contribution in [0.15, 0.2) is 30.3 Å². The highest BCUT2D eigenvalue weighted by molar-refractivity contribution is 9.09. The molecule has 1 aliphatic carbocycles. The van der Waals surface area contributed by atoms with Gasteiger partial charge in [-0.3, -0.25) is 0 Å². The first-order chi connectivity index (χ1) is 9.78. The molecule has 0 spiro atoms. The van der Waals surface area contributed by atoms with Gasteiger partial charge in [-0.25, -0.2) is 4.79 Å². The van der Waals surface area contributed by atoms with Gasteiger partial charge in [0.05, 0.1) is 0 Å². The number of piperidine rings is 2. The lowest BCUT2D eigenvalue weighted by Gasteiger charge is -2.48. The van der Waals surface area contributed by atoms with Gasteiger partial charge in [-0.1, -0.05) is 46.3 Å². The van der Waals surface area contributed by atoms with E-state index in [9.17, 15) is 4.79 Å². The Morgan fingerprint density at radius 3 is 2.80 bits per heavy atom. The van der Waals surface area contributed by atoms with Crippen molar-refractivity contribution in [3.63, 3.8) is 0 Å². The van der Waals surface area contributed by atoms with Crippen LogP contribution in [0.2, 0.25) is 0 Å². The third-order valence-electron chi connectivity index (χ3n) is 4.54. The highest BCUT2D eigenvalue weighted by atomic mass is 79.9. The predicted octanol–water partition coefficient (Wildman–Crippen LogP) is 3.82. The maximum Gasteiger partial charge on any atom is 0.410 e. The number of rotatable bonds is 3. The van der Waals surface area contributed by atoms with Crippen LogP contribution in [-0.2, 0) is 11.3 Å². The molecule has 1 aromatic rings. The van der Waals surface area contributed by atoms with Gasteiger partial charge in [-0.15, -0.1) is 0 Å². The van der Waals surface area contributed by atoms with Crippen LogP contribution in [-0.4, -0.2) is 28.9 Å². The van der Waals surface area contributed by atoms with Crippen molar-refractivity contribution < 1.29 is 9.53 Å². The van der Waals surface area contributed by atoms with Crippen LogP contribution in [0.5, 0.6) is 0 Å². The second kappa shape index (κ2) is 6.17. The molecule has 0 radical (unpaired) electrons. The molecule has 3 aliphatic rings. The number of carbonyl (C=O) groups is 1. The highest BCUT2D eigenvalue weighted by Gasteiger charge is 2.42. The third kappa shape index (κ3) is 2.85. The van der Waals surface area contributed by atoms with Crippen LogP contribution in [0.25, 0.3) is 0 Å². The maximum atomic E-state index is 12.3. The van der Waals surface area contributed by atoms with E-state index >= 15 is 0 Å². The van der Waals surface area contributed by atoms with Gasteiger partial charge in [0.1, 0.15) is 6.61 Å². The lowest BCUT2D eigenvalue weighted by atomic mass is 9.74. The summed E-state index contributed by atoms with van der Waals surface area (Å²) in [6.07, 6.45) is 3.49. The van der Waals surface area contributed by atoms with Gasteiger partial charge in [-0.2, -0.15) is 0 Å². The quantitative estimate of drug-likeness (QED) is 0.784. The molecule has 1 aromatic carbocycles. The van der Waals surface area contributed by atoms with Crippen molar-refractivity contribution in [3.8, 4) is 0 Å². The minimum atomic E-state index is -0.144. The Morgan fingerprint density at radius 2 is 2.10 bits per heavy atom. The molecular weight excluding hydrogens is 318 g/mol. The average molecular weight is 338 g/mol. The van der Waals surface area contributed by atoms with Gasteiger partial charge in [0, 0.05) is 17.9 Å². The summed E-state index contributed by atoms with van der Waals surface area (Å²) in [7, 11) is 0. The predicted molar refractivity (Wildman–Crippen MR) is 81.7 cm³/mol. The van der Waals surface area contributed by atoms with Gasteiger partial charge in [0.15, 0.2) is 0 Å². The van der Waals surface area contributed by atoms with E-state index in [1.165, 1.54) is 12.8 Å². The largest absolute Gasteiger partial charge is 0.445 e. The number of hydrogen-bond donors (Lipinski definition) is 0. The lowest BCUT2D eigenvalue weighted by Crippen LogP contribution is -2.55. The first kappa shape index (κ1) is 13.9. The number of hydrogen-bond acceptors (Lipinski definition) is 2. The maximum absolute atomic E-state index is 12.3. The second-order valence-corrected chi connectivity index (χ2v) is 6.50. The number of fused-ring (bicyclic) bond motifs is 3. The van der Waals surface area contributed by atoms with Crippen molar-refractivity contribution in [1.82, 2.24) is 4.90 Å². The molecule has 108 valence electrons. The summed E-state index contributed by atoms with van der Waals surface area (Å²) >= 11 is 3.59. The number of alkyl halides is 1. The molecular formula is C16H20BrNO2. The van der Waals surface area contributed by atoms with Gasteiger partial charge >= 0.3 is 6.09 Å². The van der Waals surface area contributed by atoms with Crippen molar-refractivity contribution in [2.24, 2.45) is 11.8 Å². The molecule has 0 aromatic heterocycles. The van der Waals surface area contributed by atoms with E-state index in [1.807, 2.05) is 35.2 Å². The molecule has 2 saturated heterocycles. The normalized spacial score (nSPS) is 28.4. The van der Waals surface area contributed by atoms with Crippen LogP contribution in [0.4, 0.5) is 4.79 Å². The zero-order chi connectivity index (χ0) is 13.9. The fourth-order valence-corrected chi connectivity index (χ4v) is 4.21. The molecule has 4 heteroatoms. The minimum Gasteiger partial charge on any atom is -0.445 e. The lowest BCUT2D eigenvalue weighted by molar-refractivity contribution is 0.00171. The Hall–Kier alpha value is -1.03. The molecule has 2 heterocycles. The summed E-state index contributed by atoms with van der Waals surface area (Å²) in [6.45, 7) is 1.24. The minimum absolute atomic E-state index is 0.144. The monoisotopic (exact) mass is 337 g/mol. The molecule has 20 heavy (non-hydrogen) atoms. The summed E-state index contributed by atoms with van der Waals surface area (Å²) in [5.74, 6) is 1.25. The Kier molecular flexibility index (Phi) is 4.29. The van der Waals surface area contributed by atoms with Gasteiger partial charge in [-0.05, 0) is 36.7 Å². The number of halogens is 1. The van der Waals surface area contributed by atoms with Gasteiger partial charge in [0.2, 0.25) is 0 Å². The van der Waals surface area contributed by atoms with Gasteiger partial charge in [0.25, 0.3) is 0 Å². The molecule has 1 amide bonds. The Labute approximate surface area is 128 Å². The first-order valence-corrected chi connectivity index (χ1v) is 8.43. The fourth-order valence-electron chi connectivity index (χ4n) is 3.51. The molecule has 0 unspecified atom stereocenters. The summed E-state index contributed by atoms with van der Waals surface area (Å²) in [6, 6.07) is 10.2. The SMILES string of the molecule is O=C(OCc1ccccc1)N1C[C@H]2CC[C@H]1[C@@H](CBr)C2. The average Bonchev–Trinajstić information content (AvgIpc) is 2.53. The first-order valence-electron chi connectivity index (χ1n) is 7.31. The van der Waals surface area contributed by atoms with E-state index < -0.39 is 0 Å². The molecule has 0 N–H and O–H groups in total. The number of nitrogens with zero attached hydrogens (tertiary/aromatic N) is 1. The fraction of sp³-hybridized carbons (Fsp3) is 0.562. The van der Waals surface area contributed by atoms with Crippen LogP contribution in [0.1, 0.15) is 24.8 Å². The Morgan fingerprint density at radius 1 is 1.30 bits per heavy atom. The summed E-state index contributed by atoms with van der Waals surface area (Å²) in [4.78, 5) is 14.3. The Balaban J connectivity index is 1.60. The van der Waals surface area contributed by atoms with Crippen LogP contribution < -0.4 is 0 Å². The molecule has 2 bridgehead atoms. The van der Waals surface area contributed by atoms with E-state index in [4.69, 9.17) is 4.74 Å². The standard InChI is InChI=1S/C16H20BrNO2/c17-9-14-8-13-6-7-15(14)18(10-13)16(19)20-11-12-4-2-1-3-5-12/h1-5,13-15H,6-11H2/t13-,14+,15-/m0/s1. The van der Waals surface area contributed by atoms with E-state index in [-0.39, 0.29) is 6.09 Å². The smallest absolute Gasteiger partial charge is 0.410 e. The van der Waals surface area contributed by atoms with E-state index in [0.29, 0.717) is 24.5 Å². The van der Waals surface area contributed by atoms with Crippen molar-refractivity contribution in [3.05, 3.63) is 35.9 Å². The van der Waals surface area contributed by atoms with E-state index in [1.54, 1.807) is 0 Å². The highest BCUT2D eigenvalue weighted by Crippen LogP contribution is 2.40. The van der Waals surface area contributed by atoms with Crippen molar-refractivity contribution in [2.45, 2.75) is 31.9 Å². The number of benzene rings is 1. The Bertz CT molecular complexity index is 465. The molecule has 3 fully saturated rings. The van der Waals surface area contributed by atoms with Crippen LogP contribution in [0.3, 0.4) is 0 Å². The summed E-state index contributed by atoms with van der Waals surface area (Å²) < 4.78 is 5.48. The van der Waals surface area contributed by atoms with Crippen LogP contribution in [0, 0.1) is 11.8 Å². The zero-order valence-electron chi connectivity index (χ0n) is 11.5. The zero-order valence-corrected chi connectivity index (χ0v) is 13.1. The van der Waals surface area contributed by atoms with E-state index in [2.05, 4.69) is 15.9 Å². The van der Waals surface area contributed by atoms with Crippen LogP contribution >= 0.6 is 15.9 Å². The number of ether oxygens (including phenoxy) is 1. The molecule has 4 rings (SSSR count). The van der Waals surface area contributed by atoms with Gasteiger partial charge < -0.3 is 9.64 Å². The molecule has 1 saturated carbocycles. The van der Waals surface area contributed by atoms with Crippen molar-refractivity contribution >= 4 is 22.0 Å². The summed E-state index contributed by atoms with van der Waals surface area (Å²) in [5.41, 5.74) is 1.04. The van der Waals surface area contributed by atoms with Crippen molar-refractivity contribution in [1.29, 1.82) is 0 Å². The van der Waals surface area contributed by atoms with Crippen molar-refractivity contribution in [2.75, 3.05) is 11.9 Å². The molecule has 2 aliphatic heterocycles. The van der Waals surface area contributed by atoms with E-state index in [0.717, 1.165) is 23.9 Å². The molecule has 3 atom stereocenters. The summed E-state index contributed by atoms with van der Waals surface area (Å²) in [5, 5.41) is 0.983. The molecule has 3 nitrogen and oxygen atoms in total. The number of amides is 1. The number of carbonyl (C=O) groups excluding carboxylic acids is 1. The topological polar surface area (TPSA) is 29.5 Å². The third-order valence-corrected chi connectivity index (χ3v) is 5.38. The second-order valence-electron chi connectivity index (χ2n) is 5.85.